The van der Waals surface area contributed by atoms with Gasteiger partial charge in [0.1, 0.15) is 11.7 Å². The fourth-order valence-electron chi connectivity index (χ4n) is 1.64. The van der Waals surface area contributed by atoms with Crippen LogP contribution in [-0.2, 0) is 16.0 Å². The van der Waals surface area contributed by atoms with Crippen LogP contribution >= 0.6 is 0 Å². The molecule has 0 unspecified atom stereocenters. The predicted octanol–water partition coefficient (Wildman–Crippen LogP) is -0.0831. The number of nitrogens with one attached hydrogen (secondary N) is 2. The molecule has 0 radical (unpaired) electrons. The largest absolute Gasteiger partial charge is 0.508 e. The van der Waals surface area contributed by atoms with E-state index in [9.17, 15) is 19.5 Å². The molecule has 1 aromatic rings. The van der Waals surface area contributed by atoms with Crippen LogP contribution in [0.2, 0.25) is 0 Å². The van der Waals surface area contributed by atoms with E-state index in [1.54, 1.807) is 18.2 Å². The van der Waals surface area contributed by atoms with Crippen molar-refractivity contribution in [3.8, 4) is 5.75 Å². The number of phenols is 1. The number of rotatable bonds is 2. The smallest absolute Gasteiger partial charge is 0.328 e. The second-order valence-corrected chi connectivity index (χ2v) is 3.69. The lowest BCUT2D eigenvalue weighted by atomic mass is 9.96. The molecule has 0 atom stereocenters. The summed E-state index contributed by atoms with van der Waals surface area (Å²) in [4.78, 5) is 33.7. The van der Waals surface area contributed by atoms with Crippen LogP contribution in [0, 0.1) is 5.92 Å². The molecule has 2 rings (SSSR count). The van der Waals surface area contributed by atoms with Crippen molar-refractivity contribution in [2.75, 3.05) is 0 Å². The Morgan fingerprint density at radius 3 is 2.24 bits per heavy atom. The van der Waals surface area contributed by atoms with E-state index in [1.807, 2.05) is 10.6 Å². The van der Waals surface area contributed by atoms with Crippen LogP contribution in [0.5, 0.6) is 5.75 Å². The maximum atomic E-state index is 11.5. The third-order valence-corrected chi connectivity index (χ3v) is 2.52. The van der Waals surface area contributed by atoms with Crippen molar-refractivity contribution in [1.82, 2.24) is 10.6 Å². The van der Waals surface area contributed by atoms with Crippen molar-refractivity contribution < 1.29 is 19.5 Å². The van der Waals surface area contributed by atoms with Gasteiger partial charge in [-0.05, 0) is 18.1 Å². The molecule has 0 bridgehead atoms. The van der Waals surface area contributed by atoms with Gasteiger partial charge >= 0.3 is 6.03 Å². The van der Waals surface area contributed by atoms with Crippen LogP contribution in [-0.4, -0.2) is 23.0 Å². The Morgan fingerprint density at radius 1 is 1.06 bits per heavy atom. The number of urea groups is 1. The first-order valence-electron chi connectivity index (χ1n) is 5.00. The minimum absolute atomic E-state index is 0.0185. The number of benzene rings is 1. The predicted molar refractivity (Wildman–Crippen MR) is 57.0 cm³/mol. The lowest BCUT2D eigenvalue weighted by molar-refractivity contribution is -0.135. The third kappa shape index (κ3) is 2.25. The van der Waals surface area contributed by atoms with Crippen LogP contribution in [0.15, 0.2) is 24.3 Å². The van der Waals surface area contributed by atoms with E-state index in [1.165, 1.54) is 6.07 Å². The SMILES string of the molecule is O=C1NC(=O)C(Cc2ccccc2O)C(=O)N1. The molecule has 0 aromatic heterocycles. The molecule has 17 heavy (non-hydrogen) atoms. The van der Waals surface area contributed by atoms with E-state index >= 15 is 0 Å². The molecule has 3 N–H and O–H groups in total. The summed E-state index contributed by atoms with van der Waals surface area (Å²) in [7, 11) is 0. The topological polar surface area (TPSA) is 95.5 Å². The molecule has 0 saturated carbocycles. The Balaban J connectivity index is 2.19. The van der Waals surface area contributed by atoms with Crippen LogP contribution in [0.3, 0.4) is 0 Å². The molecule has 0 aliphatic carbocycles. The minimum atomic E-state index is -0.999. The lowest BCUT2D eigenvalue weighted by Gasteiger charge is -2.20. The highest BCUT2D eigenvalue weighted by Crippen LogP contribution is 2.20. The van der Waals surface area contributed by atoms with Gasteiger partial charge in [-0.1, -0.05) is 18.2 Å². The minimum Gasteiger partial charge on any atom is -0.508 e. The van der Waals surface area contributed by atoms with Gasteiger partial charge < -0.3 is 5.11 Å². The monoisotopic (exact) mass is 234 g/mol. The van der Waals surface area contributed by atoms with Crippen LogP contribution < -0.4 is 10.6 Å². The fourth-order valence-corrected chi connectivity index (χ4v) is 1.64. The Hall–Kier alpha value is -2.37. The summed E-state index contributed by atoms with van der Waals surface area (Å²) in [5.41, 5.74) is 0.483. The van der Waals surface area contributed by atoms with E-state index in [2.05, 4.69) is 0 Å². The highest BCUT2D eigenvalue weighted by molar-refractivity contribution is 6.16. The summed E-state index contributed by atoms with van der Waals surface area (Å²) >= 11 is 0. The summed E-state index contributed by atoms with van der Waals surface area (Å²) in [6.45, 7) is 0. The Morgan fingerprint density at radius 2 is 1.65 bits per heavy atom. The third-order valence-electron chi connectivity index (χ3n) is 2.52. The Bertz CT molecular complexity index is 478. The number of carbonyl (C=O) groups is 3. The normalized spacial score (nSPS) is 16.6. The molecule has 1 aliphatic heterocycles. The van der Waals surface area contributed by atoms with E-state index in [4.69, 9.17) is 0 Å². The highest BCUT2D eigenvalue weighted by Gasteiger charge is 2.34. The van der Waals surface area contributed by atoms with Crippen molar-refractivity contribution in [2.45, 2.75) is 6.42 Å². The zero-order valence-electron chi connectivity index (χ0n) is 8.77. The summed E-state index contributed by atoms with van der Waals surface area (Å²) < 4.78 is 0. The zero-order chi connectivity index (χ0) is 12.4. The highest BCUT2D eigenvalue weighted by atomic mass is 16.3. The number of imide groups is 2. The van der Waals surface area contributed by atoms with Crippen molar-refractivity contribution in [2.24, 2.45) is 5.92 Å². The molecule has 88 valence electrons. The van der Waals surface area contributed by atoms with Gasteiger partial charge in [0.15, 0.2) is 0 Å². The fraction of sp³-hybridized carbons (Fsp3) is 0.182. The first-order valence-corrected chi connectivity index (χ1v) is 5.00. The lowest BCUT2D eigenvalue weighted by Crippen LogP contribution is -2.56. The summed E-state index contributed by atoms with van der Waals surface area (Å²) in [5.74, 6) is -2.28. The summed E-state index contributed by atoms with van der Waals surface area (Å²) in [5, 5.41) is 13.6. The van der Waals surface area contributed by atoms with Crippen LogP contribution in [0.25, 0.3) is 0 Å². The average Bonchev–Trinajstić information content (AvgIpc) is 2.25. The van der Waals surface area contributed by atoms with E-state index in [0.717, 1.165) is 0 Å². The van der Waals surface area contributed by atoms with Gasteiger partial charge in [0.05, 0.1) is 0 Å². The van der Waals surface area contributed by atoms with Gasteiger partial charge in [0, 0.05) is 0 Å². The first kappa shape index (κ1) is 11.1. The van der Waals surface area contributed by atoms with Crippen LogP contribution in [0.1, 0.15) is 5.56 Å². The maximum Gasteiger partial charge on any atom is 0.328 e. The summed E-state index contributed by atoms with van der Waals surface area (Å²) in [6, 6.07) is 5.61. The Kier molecular flexibility index (Phi) is 2.78. The molecule has 6 heteroatoms. The molecule has 1 heterocycles. The van der Waals surface area contributed by atoms with Crippen molar-refractivity contribution in [1.29, 1.82) is 0 Å². The number of hydrogen-bond donors (Lipinski definition) is 3. The van der Waals surface area contributed by atoms with E-state index in [0.29, 0.717) is 5.56 Å². The van der Waals surface area contributed by atoms with Crippen molar-refractivity contribution >= 4 is 17.8 Å². The van der Waals surface area contributed by atoms with Gasteiger partial charge in [-0.15, -0.1) is 0 Å². The van der Waals surface area contributed by atoms with Gasteiger partial charge in [-0.25, -0.2) is 4.79 Å². The van der Waals surface area contributed by atoms with E-state index < -0.39 is 23.8 Å². The molecule has 0 spiro atoms. The maximum absolute atomic E-state index is 11.5. The quantitative estimate of drug-likeness (QED) is 0.623. The molecule has 4 amide bonds. The van der Waals surface area contributed by atoms with Crippen LogP contribution in [0.4, 0.5) is 4.79 Å². The number of phenolic OH excluding ortho intramolecular Hbond substituents is 1. The molecule has 1 aliphatic rings. The number of barbiturate groups is 1. The molecule has 1 aromatic carbocycles. The number of aromatic hydroxyl groups is 1. The van der Waals surface area contributed by atoms with Gasteiger partial charge in [-0.2, -0.15) is 0 Å². The number of amides is 4. The Labute approximate surface area is 96.6 Å². The van der Waals surface area contributed by atoms with Crippen molar-refractivity contribution in [3.63, 3.8) is 0 Å². The van der Waals surface area contributed by atoms with Gasteiger partial charge in [0.2, 0.25) is 11.8 Å². The number of para-hydroxylation sites is 1. The van der Waals surface area contributed by atoms with Crippen molar-refractivity contribution in [3.05, 3.63) is 29.8 Å². The molecule has 1 saturated heterocycles. The molecule has 1 fully saturated rings. The van der Waals surface area contributed by atoms with E-state index in [-0.39, 0.29) is 12.2 Å². The second kappa shape index (κ2) is 4.25. The zero-order valence-corrected chi connectivity index (χ0v) is 8.77. The molecule has 6 nitrogen and oxygen atoms in total. The number of hydrogen-bond acceptors (Lipinski definition) is 4. The van der Waals surface area contributed by atoms with Gasteiger partial charge in [-0.3, -0.25) is 20.2 Å². The molecular weight excluding hydrogens is 224 g/mol. The van der Waals surface area contributed by atoms with Gasteiger partial charge in [0.25, 0.3) is 0 Å². The number of carbonyl (C=O) groups excluding carboxylic acids is 3. The molecular formula is C11H10N2O4. The first-order chi connectivity index (χ1) is 8.08. The second-order valence-electron chi connectivity index (χ2n) is 3.69. The standard InChI is InChI=1S/C11H10N2O4/c14-8-4-2-1-3-6(8)5-7-9(15)12-11(17)13-10(7)16/h1-4,7,14H,5H2,(H2,12,13,15,16,17). The summed E-state index contributed by atoms with van der Waals surface area (Å²) in [6.07, 6.45) is 0.0532. The average molecular weight is 234 g/mol.